The summed E-state index contributed by atoms with van der Waals surface area (Å²) >= 11 is 0. The normalized spacial score (nSPS) is 11.1. The lowest BCUT2D eigenvalue weighted by Gasteiger charge is -2.07. The molecule has 0 fully saturated rings. The van der Waals surface area contributed by atoms with Crippen LogP contribution < -0.4 is 10.1 Å². The molecule has 4 heteroatoms. The quantitative estimate of drug-likeness (QED) is 0.605. The average molecular weight is 254 g/mol. The molecule has 2 aromatic heterocycles. The van der Waals surface area contributed by atoms with Gasteiger partial charge in [-0.3, -0.25) is 9.48 Å². The van der Waals surface area contributed by atoms with E-state index >= 15 is 0 Å². The number of benzene rings is 1. The van der Waals surface area contributed by atoms with Gasteiger partial charge in [-0.25, -0.2) is 9.25 Å². The number of aromatic nitrogens is 3. The van der Waals surface area contributed by atoms with E-state index in [9.17, 15) is 4.79 Å². The first-order valence-electron chi connectivity index (χ1n) is 6.22. The Balaban J connectivity index is 2.46. The van der Waals surface area contributed by atoms with Crippen LogP contribution in [-0.2, 0) is 14.1 Å². The van der Waals surface area contributed by atoms with Crippen LogP contribution in [0.1, 0.15) is 5.56 Å². The van der Waals surface area contributed by atoms with Gasteiger partial charge in [-0.05, 0) is 19.1 Å². The zero-order chi connectivity index (χ0) is 13.6. The predicted molar refractivity (Wildman–Crippen MR) is 74.4 cm³/mol. The van der Waals surface area contributed by atoms with Crippen LogP contribution in [-0.4, -0.2) is 9.36 Å². The average Bonchev–Trinajstić information content (AvgIpc) is 2.62. The van der Waals surface area contributed by atoms with E-state index in [2.05, 4.69) is 0 Å². The van der Waals surface area contributed by atoms with Crippen molar-refractivity contribution in [2.75, 3.05) is 0 Å². The topological polar surface area (TPSA) is 30.8 Å². The summed E-state index contributed by atoms with van der Waals surface area (Å²) in [6, 6.07) is 9.70. The van der Waals surface area contributed by atoms with Crippen LogP contribution in [0.3, 0.4) is 0 Å². The molecule has 0 spiro atoms. The smallest absolute Gasteiger partial charge is 0.280 e. The van der Waals surface area contributed by atoms with Crippen LogP contribution in [0.25, 0.3) is 16.6 Å². The van der Waals surface area contributed by atoms with E-state index in [0.717, 1.165) is 22.2 Å². The van der Waals surface area contributed by atoms with E-state index in [1.165, 1.54) is 0 Å². The van der Waals surface area contributed by atoms with Crippen molar-refractivity contribution >= 4 is 10.9 Å². The van der Waals surface area contributed by atoms with E-state index in [-0.39, 0.29) is 5.56 Å². The van der Waals surface area contributed by atoms with Crippen molar-refractivity contribution < 1.29 is 4.57 Å². The molecule has 0 aliphatic rings. The lowest BCUT2D eigenvalue weighted by molar-refractivity contribution is -0.670. The second kappa shape index (κ2) is 4.09. The molecule has 1 aromatic carbocycles. The molecule has 3 aromatic rings. The van der Waals surface area contributed by atoms with Crippen LogP contribution in [0.15, 0.2) is 47.5 Å². The zero-order valence-electron chi connectivity index (χ0n) is 11.3. The fourth-order valence-electron chi connectivity index (χ4n) is 2.68. The first-order chi connectivity index (χ1) is 9.09. The molecule has 2 heterocycles. The Hall–Kier alpha value is -2.36. The highest BCUT2D eigenvalue weighted by molar-refractivity contribution is 5.80. The van der Waals surface area contributed by atoms with E-state index < -0.39 is 0 Å². The van der Waals surface area contributed by atoms with E-state index in [1.807, 2.05) is 73.0 Å². The minimum Gasteiger partial charge on any atom is -0.280 e. The van der Waals surface area contributed by atoms with Crippen LogP contribution in [0, 0.1) is 6.92 Å². The Morgan fingerprint density at radius 2 is 1.79 bits per heavy atom. The maximum absolute atomic E-state index is 12.6. The van der Waals surface area contributed by atoms with Crippen molar-refractivity contribution in [3.8, 4) is 5.69 Å². The lowest BCUT2D eigenvalue weighted by atomic mass is 10.2. The second-order valence-electron chi connectivity index (χ2n) is 4.85. The largest absolute Gasteiger partial charge is 0.285 e. The molecule has 96 valence electrons. The second-order valence-corrected chi connectivity index (χ2v) is 4.85. The Kier molecular flexibility index (Phi) is 2.52. The van der Waals surface area contributed by atoms with Crippen molar-refractivity contribution in [3.63, 3.8) is 0 Å². The predicted octanol–water partition coefficient (Wildman–Crippen LogP) is 1.46. The Morgan fingerprint density at radius 1 is 1.11 bits per heavy atom. The van der Waals surface area contributed by atoms with Gasteiger partial charge in [0.1, 0.15) is 12.4 Å². The molecule has 19 heavy (non-hydrogen) atoms. The third kappa shape index (κ3) is 1.68. The van der Waals surface area contributed by atoms with Crippen molar-refractivity contribution in [1.29, 1.82) is 0 Å². The van der Waals surface area contributed by atoms with Gasteiger partial charge in [0.15, 0.2) is 12.4 Å². The zero-order valence-corrected chi connectivity index (χ0v) is 11.3. The molecule has 0 bridgehead atoms. The number of pyridine rings is 1. The molecule has 4 nitrogen and oxygen atoms in total. The van der Waals surface area contributed by atoms with E-state index in [0.29, 0.717) is 0 Å². The molecule has 0 N–H and O–H groups in total. The molecular formula is C15H16N3O+. The molecule has 0 amide bonds. The van der Waals surface area contributed by atoms with Crippen LogP contribution in [0.2, 0.25) is 0 Å². The fourth-order valence-corrected chi connectivity index (χ4v) is 2.68. The maximum Gasteiger partial charge on any atom is 0.285 e. The number of aryl methyl sites for hydroxylation is 3. The van der Waals surface area contributed by atoms with Gasteiger partial charge in [-0.15, -0.1) is 0 Å². The minimum absolute atomic E-state index is 0.0167. The van der Waals surface area contributed by atoms with Gasteiger partial charge in [-0.1, -0.05) is 18.2 Å². The molecule has 0 atom stereocenters. The first-order valence-corrected chi connectivity index (χ1v) is 6.22. The van der Waals surface area contributed by atoms with Crippen molar-refractivity contribution in [2.45, 2.75) is 6.92 Å². The molecule has 0 radical (unpaired) electrons. The number of para-hydroxylation sites is 1. The molecule has 3 rings (SSSR count). The molecule has 0 unspecified atom stereocenters. The summed E-state index contributed by atoms with van der Waals surface area (Å²) in [6.07, 6.45) is 3.90. The van der Waals surface area contributed by atoms with Crippen LogP contribution in [0.4, 0.5) is 0 Å². The third-order valence-corrected chi connectivity index (χ3v) is 3.41. The molecule has 0 aliphatic carbocycles. The number of rotatable bonds is 1. The number of nitrogens with zero attached hydrogens (tertiary/aromatic N) is 3. The minimum atomic E-state index is 0.0167. The van der Waals surface area contributed by atoms with Gasteiger partial charge in [0, 0.05) is 12.6 Å². The standard InChI is InChI=1S/C15H16N3O/c1-11-9-16(2)10-13-14(11)17(3)18(15(13)19)12-7-5-4-6-8-12/h4-10H,1-3H3/q+1. The van der Waals surface area contributed by atoms with Gasteiger partial charge < -0.3 is 0 Å². The lowest BCUT2D eigenvalue weighted by Crippen LogP contribution is -2.28. The summed E-state index contributed by atoms with van der Waals surface area (Å²) < 4.78 is 5.55. The van der Waals surface area contributed by atoms with Crippen LogP contribution >= 0.6 is 0 Å². The SMILES string of the molecule is Cc1c[n+](C)cc2c(=O)n(-c3ccccc3)n(C)c12. The Morgan fingerprint density at radius 3 is 2.47 bits per heavy atom. The first kappa shape index (κ1) is 11.7. The van der Waals surface area contributed by atoms with Gasteiger partial charge in [-0.2, -0.15) is 0 Å². The number of fused-ring (bicyclic) bond motifs is 1. The van der Waals surface area contributed by atoms with Gasteiger partial charge in [0.25, 0.3) is 5.56 Å². The summed E-state index contributed by atoms with van der Waals surface area (Å²) in [5.41, 5.74) is 2.97. The van der Waals surface area contributed by atoms with Gasteiger partial charge >= 0.3 is 0 Å². The Bertz CT molecular complexity index is 813. The molecule has 0 saturated heterocycles. The highest BCUT2D eigenvalue weighted by Crippen LogP contribution is 2.15. The van der Waals surface area contributed by atoms with Crippen molar-refractivity contribution in [1.82, 2.24) is 9.36 Å². The van der Waals surface area contributed by atoms with Crippen molar-refractivity contribution in [3.05, 3.63) is 58.6 Å². The summed E-state index contributed by atoms with van der Waals surface area (Å²) in [5.74, 6) is 0. The summed E-state index contributed by atoms with van der Waals surface area (Å²) in [5, 5.41) is 0.744. The summed E-state index contributed by atoms with van der Waals surface area (Å²) in [6.45, 7) is 2.02. The fraction of sp³-hybridized carbons (Fsp3) is 0.200. The molecule has 0 saturated carbocycles. The van der Waals surface area contributed by atoms with Crippen molar-refractivity contribution in [2.24, 2.45) is 14.1 Å². The monoisotopic (exact) mass is 254 g/mol. The van der Waals surface area contributed by atoms with Gasteiger partial charge in [0.05, 0.1) is 11.2 Å². The summed E-state index contributed by atoms with van der Waals surface area (Å²) in [7, 11) is 3.86. The third-order valence-electron chi connectivity index (χ3n) is 3.41. The highest BCUT2D eigenvalue weighted by atomic mass is 16.1. The molecule has 0 aliphatic heterocycles. The van der Waals surface area contributed by atoms with Gasteiger partial charge in [0.2, 0.25) is 0 Å². The Labute approximate surface area is 111 Å². The van der Waals surface area contributed by atoms with Crippen LogP contribution in [0.5, 0.6) is 0 Å². The van der Waals surface area contributed by atoms with E-state index in [1.54, 1.807) is 4.68 Å². The number of hydrogen-bond donors (Lipinski definition) is 0. The summed E-state index contributed by atoms with van der Waals surface area (Å²) in [4.78, 5) is 12.6. The van der Waals surface area contributed by atoms with E-state index in [4.69, 9.17) is 0 Å². The highest BCUT2D eigenvalue weighted by Gasteiger charge is 2.17. The number of hydrogen-bond acceptors (Lipinski definition) is 1. The molecular weight excluding hydrogens is 238 g/mol. The maximum atomic E-state index is 12.6.